The fourth-order valence-corrected chi connectivity index (χ4v) is 1.98. The number of nitrogens with zero attached hydrogens (tertiary/aromatic N) is 2. The number of hydrogen-bond donors (Lipinski definition) is 1. The minimum Gasteiger partial charge on any atom is -0.477 e. The van der Waals surface area contributed by atoms with Crippen molar-refractivity contribution >= 4 is 23.4 Å². The van der Waals surface area contributed by atoms with Crippen molar-refractivity contribution in [2.24, 2.45) is 0 Å². The number of carboxylic acid groups (broad SMARTS) is 1. The van der Waals surface area contributed by atoms with Gasteiger partial charge in [-0.25, -0.2) is 4.79 Å². The predicted octanol–water partition coefficient (Wildman–Crippen LogP) is 0.314. The summed E-state index contributed by atoms with van der Waals surface area (Å²) in [5.41, 5.74) is 0.198. The van der Waals surface area contributed by atoms with E-state index in [-0.39, 0.29) is 16.5 Å². The molecule has 16 heavy (non-hydrogen) atoms. The molecule has 2 rings (SSSR count). The van der Waals surface area contributed by atoms with Crippen LogP contribution in [0.2, 0.25) is 0 Å². The molecule has 1 aromatic rings. The molecule has 86 valence electrons. The molecule has 1 aliphatic rings. The smallest absolute Gasteiger partial charge is 0.347 e. The largest absolute Gasteiger partial charge is 0.477 e. The number of morpholine rings is 1. The maximum atomic E-state index is 11.9. The first-order valence-corrected chi connectivity index (χ1v) is 5.53. The van der Waals surface area contributed by atoms with E-state index in [4.69, 9.17) is 9.84 Å². The molecule has 7 heteroatoms. The second-order valence-corrected chi connectivity index (χ2v) is 4.09. The van der Waals surface area contributed by atoms with Gasteiger partial charge in [-0.3, -0.25) is 4.79 Å². The van der Waals surface area contributed by atoms with Crippen LogP contribution >= 0.6 is 11.5 Å². The molecule has 1 fully saturated rings. The molecule has 1 aromatic heterocycles. The summed E-state index contributed by atoms with van der Waals surface area (Å²) in [6.07, 6.45) is 0. The number of carbonyl (C=O) groups is 2. The highest BCUT2D eigenvalue weighted by molar-refractivity contribution is 7.08. The molecule has 0 aromatic carbocycles. The van der Waals surface area contributed by atoms with Gasteiger partial charge in [-0.15, -0.1) is 0 Å². The standard InChI is InChI=1S/C9H10N2O4S/c12-8(11-1-3-15-4-2-11)6-5-7(9(13)14)16-10-6/h5H,1-4H2,(H,13,14). The molecule has 1 aliphatic heterocycles. The van der Waals surface area contributed by atoms with Gasteiger partial charge in [-0.05, 0) is 17.6 Å². The van der Waals surface area contributed by atoms with Gasteiger partial charge in [0.2, 0.25) is 0 Å². The third kappa shape index (κ3) is 2.20. The van der Waals surface area contributed by atoms with Crippen molar-refractivity contribution in [3.8, 4) is 0 Å². The van der Waals surface area contributed by atoms with Gasteiger partial charge in [-0.2, -0.15) is 4.37 Å². The van der Waals surface area contributed by atoms with E-state index in [1.54, 1.807) is 4.90 Å². The van der Waals surface area contributed by atoms with E-state index in [1.165, 1.54) is 6.07 Å². The van der Waals surface area contributed by atoms with Crippen molar-refractivity contribution in [1.82, 2.24) is 9.27 Å². The third-order valence-electron chi connectivity index (χ3n) is 2.24. The zero-order valence-corrected chi connectivity index (χ0v) is 9.20. The molecular weight excluding hydrogens is 232 g/mol. The summed E-state index contributed by atoms with van der Waals surface area (Å²) in [4.78, 5) is 24.2. The highest BCUT2D eigenvalue weighted by Gasteiger charge is 2.22. The zero-order chi connectivity index (χ0) is 11.5. The molecule has 2 heterocycles. The Morgan fingerprint density at radius 3 is 2.69 bits per heavy atom. The van der Waals surface area contributed by atoms with Gasteiger partial charge in [0.1, 0.15) is 10.6 Å². The Balaban J connectivity index is 2.10. The molecule has 0 unspecified atom stereocenters. The summed E-state index contributed by atoms with van der Waals surface area (Å²) in [5.74, 6) is -1.29. The Hall–Kier alpha value is -1.47. The molecule has 0 spiro atoms. The van der Waals surface area contributed by atoms with Gasteiger partial charge in [0.15, 0.2) is 0 Å². The SMILES string of the molecule is O=C(O)c1cc(C(=O)N2CCOCC2)ns1. The summed E-state index contributed by atoms with van der Waals surface area (Å²) < 4.78 is 8.96. The van der Waals surface area contributed by atoms with Crippen molar-refractivity contribution in [2.75, 3.05) is 26.3 Å². The maximum absolute atomic E-state index is 11.9. The fraction of sp³-hybridized carbons (Fsp3) is 0.444. The van der Waals surface area contributed by atoms with Crippen LogP contribution in [0.3, 0.4) is 0 Å². The average molecular weight is 242 g/mol. The highest BCUT2D eigenvalue weighted by atomic mass is 32.1. The van der Waals surface area contributed by atoms with Crippen LogP contribution in [0.4, 0.5) is 0 Å². The average Bonchev–Trinajstić information content (AvgIpc) is 2.78. The molecule has 0 aliphatic carbocycles. The lowest BCUT2D eigenvalue weighted by Gasteiger charge is -2.25. The van der Waals surface area contributed by atoms with Crippen molar-refractivity contribution < 1.29 is 19.4 Å². The Labute approximate surface area is 95.6 Å². The molecule has 0 atom stereocenters. The van der Waals surface area contributed by atoms with Crippen LogP contribution < -0.4 is 0 Å². The zero-order valence-electron chi connectivity index (χ0n) is 8.38. The first kappa shape index (κ1) is 11.0. The van der Waals surface area contributed by atoms with E-state index < -0.39 is 5.97 Å². The molecular formula is C9H10N2O4S. The second kappa shape index (κ2) is 4.58. The van der Waals surface area contributed by atoms with E-state index in [2.05, 4.69) is 4.37 Å². The molecule has 0 bridgehead atoms. The first-order valence-electron chi connectivity index (χ1n) is 4.75. The molecule has 0 saturated carbocycles. The number of aromatic carboxylic acids is 1. The van der Waals surface area contributed by atoms with Crippen LogP contribution in [0.25, 0.3) is 0 Å². The number of ether oxygens (including phenoxy) is 1. The number of carbonyl (C=O) groups excluding carboxylic acids is 1. The minimum atomic E-state index is -1.06. The molecule has 1 amide bonds. The van der Waals surface area contributed by atoms with Crippen molar-refractivity contribution in [3.05, 3.63) is 16.6 Å². The Morgan fingerprint density at radius 2 is 2.12 bits per heavy atom. The summed E-state index contributed by atoms with van der Waals surface area (Å²) in [7, 11) is 0. The van der Waals surface area contributed by atoms with Gasteiger partial charge in [0.25, 0.3) is 5.91 Å². The lowest BCUT2D eigenvalue weighted by molar-refractivity contribution is 0.0300. The van der Waals surface area contributed by atoms with E-state index in [1.807, 2.05) is 0 Å². The second-order valence-electron chi connectivity index (χ2n) is 3.29. The van der Waals surface area contributed by atoms with Crippen LogP contribution in [-0.4, -0.2) is 52.6 Å². The molecule has 1 saturated heterocycles. The van der Waals surface area contributed by atoms with Gasteiger partial charge in [0, 0.05) is 13.1 Å². The monoisotopic (exact) mass is 242 g/mol. The van der Waals surface area contributed by atoms with Gasteiger partial charge in [0.05, 0.1) is 13.2 Å². The topological polar surface area (TPSA) is 79.7 Å². The number of aromatic nitrogens is 1. The van der Waals surface area contributed by atoms with Gasteiger partial charge < -0.3 is 14.7 Å². The molecule has 6 nitrogen and oxygen atoms in total. The van der Waals surface area contributed by atoms with Crippen molar-refractivity contribution in [3.63, 3.8) is 0 Å². The highest BCUT2D eigenvalue weighted by Crippen LogP contribution is 2.12. The lowest BCUT2D eigenvalue weighted by atomic mass is 10.3. The Morgan fingerprint density at radius 1 is 1.44 bits per heavy atom. The maximum Gasteiger partial charge on any atom is 0.347 e. The summed E-state index contributed by atoms with van der Waals surface area (Å²) in [6.45, 7) is 2.08. The Kier molecular flexibility index (Phi) is 3.16. The van der Waals surface area contributed by atoms with Crippen LogP contribution in [-0.2, 0) is 4.74 Å². The molecule has 0 radical (unpaired) electrons. The number of hydrogen-bond acceptors (Lipinski definition) is 5. The third-order valence-corrected chi connectivity index (χ3v) is 3.02. The normalized spacial score (nSPS) is 16.1. The van der Waals surface area contributed by atoms with E-state index in [9.17, 15) is 9.59 Å². The molecule has 1 N–H and O–H groups in total. The summed E-state index contributed by atoms with van der Waals surface area (Å²) in [6, 6.07) is 1.31. The first-order chi connectivity index (χ1) is 7.68. The number of carboxylic acids is 1. The van der Waals surface area contributed by atoms with E-state index in [0.29, 0.717) is 26.3 Å². The fourth-order valence-electron chi connectivity index (χ4n) is 1.41. The van der Waals surface area contributed by atoms with Gasteiger partial charge >= 0.3 is 5.97 Å². The van der Waals surface area contributed by atoms with E-state index >= 15 is 0 Å². The summed E-state index contributed by atoms with van der Waals surface area (Å²) >= 11 is 0.822. The lowest BCUT2D eigenvalue weighted by Crippen LogP contribution is -2.40. The van der Waals surface area contributed by atoms with Crippen molar-refractivity contribution in [1.29, 1.82) is 0 Å². The van der Waals surface area contributed by atoms with Crippen molar-refractivity contribution in [2.45, 2.75) is 0 Å². The van der Waals surface area contributed by atoms with Crippen LogP contribution in [0, 0.1) is 0 Å². The Bertz CT molecular complexity index is 411. The van der Waals surface area contributed by atoms with Crippen LogP contribution in [0.1, 0.15) is 20.2 Å². The van der Waals surface area contributed by atoms with Gasteiger partial charge in [-0.1, -0.05) is 0 Å². The van der Waals surface area contributed by atoms with Crippen LogP contribution in [0.5, 0.6) is 0 Å². The van der Waals surface area contributed by atoms with Crippen LogP contribution in [0.15, 0.2) is 6.07 Å². The number of amides is 1. The quantitative estimate of drug-likeness (QED) is 0.807. The predicted molar refractivity (Wildman–Crippen MR) is 55.8 cm³/mol. The summed E-state index contributed by atoms with van der Waals surface area (Å²) in [5, 5.41) is 8.72. The van der Waals surface area contributed by atoms with E-state index in [0.717, 1.165) is 11.5 Å². The number of rotatable bonds is 2. The minimum absolute atomic E-state index is 0.0802.